The molecule has 5 rings (SSSR count). The molecule has 3 heterocycles. The van der Waals surface area contributed by atoms with Gasteiger partial charge < -0.3 is 24.6 Å². The van der Waals surface area contributed by atoms with Crippen LogP contribution in [0.2, 0.25) is 0 Å². The van der Waals surface area contributed by atoms with E-state index >= 15 is 0 Å². The second-order valence-corrected chi connectivity index (χ2v) is 7.82. The van der Waals surface area contributed by atoms with Gasteiger partial charge in [0.1, 0.15) is 0 Å². The van der Waals surface area contributed by atoms with Gasteiger partial charge in [-0.15, -0.1) is 10.2 Å². The molecule has 3 aromatic rings. The number of quaternary nitrogens is 1. The van der Waals surface area contributed by atoms with Crippen LogP contribution < -0.4 is 24.6 Å². The van der Waals surface area contributed by atoms with E-state index in [0.29, 0.717) is 22.7 Å². The maximum absolute atomic E-state index is 12.5. The first-order valence-electron chi connectivity index (χ1n) is 10.4. The smallest absolute Gasteiger partial charge is 0.255 e. The zero-order valence-corrected chi connectivity index (χ0v) is 17.3. The summed E-state index contributed by atoms with van der Waals surface area (Å²) in [5, 5.41) is 11.7. The molecular formula is C23H24N5O3+. The van der Waals surface area contributed by atoms with Gasteiger partial charge in [0.2, 0.25) is 6.79 Å². The first-order valence-corrected chi connectivity index (χ1v) is 10.4. The van der Waals surface area contributed by atoms with E-state index in [1.165, 1.54) is 0 Å². The minimum atomic E-state index is -0.204. The van der Waals surface area contributed by atoms with E-state index in [1.54, 1.807) is 23.1 Å². The van der Waals surface area contributed by atoms with E-state index in [9.17, 15) is 4.79 Å². The number of nitrogens with zero attached hydrogens (tertiary/aromatic N) is 3. The minimum absolute atomic E-state index is 0.183. The van der Waals surface area contributed by atoms with Crippen LogP contribution in [0.25, 0.3) is 11.3 Å². The third kappa shape index (κ3) is 4.15. The highest BCUT2D eigenvalue weighted by atomic mass is 16.7. The van der Waals surface area contributed by atoms with Crippen molar-refractivity contribution in [1.82, 2.24) is 10.2 Å². The lowest BCUT2D eigenvalue weighted by Crippen LogP contribution is -3.12. The van der Waals surface area contributed by atoms with Crippen molar-refractivity contribution in [3.05, 3.63) is 60.2 Å². The molecule has 2 aromatic carbocycles. The number of benzene rings is 2. The summed E-state index contributed by atoms with van der Waals surface area (Å²) < 4.78 is 10.6. The topological polar surface area (TPSA) is 81.0 Å². The second kappa shape index (κ2) is 8.23. The van der Waals surface area contributed by atoms with E-state index in [1.807, 2.05) is 36.4 Å². The summed E-state index contributed by atoms with van der Waals surface area (Å²) >= 11 is 0. The number of ether oxygens (including phenoxy) is 2. The van der Waals surface area contributed by atoms with Crippen molar-refractivity contribution in [3.8, 4) is 22.8 Å². The third-order valence-electron chi connectivity index (χ3n) is 5.66. The molecular weight excluding hydrogens is 394 g/mol. The lowest BCUT2D eigenvalue weighted by molar-refractivity contribution is -0.880. The van der Waals surface area contributed by atoms with Gasteiger partial charge in [-0.1, -0.05) is 12.1 Å². The number of rotatable bonds is 4. The van der Waals surface area contributed by atoms with Gasteiger partial charge in [0.15, 0.2) is 17.3 Å². The molecule has 1 amide bonds. The van der Waals surface area contributed by atoms with Crippen molar-refractivity contribution in [2.24, 2.45) is 0 Å². The van der Waals surface area contributed by atoms with Gasteiger partial charge in [-0.05, 0) is 42.5 Å². The van der Waals surface area contributed by atoms with Gasteiger partial charge >= 0.3 is 0 Å². The summed E-state index contributed by atoms with van der Waals surface area (Å²) in [4.78, 5) is 16.4. The number of hydrogen-bond donors (Lipinski definition) is 2. The number of aromatic nitrogens is 2. The maximum Gasteiger partial charge on any atom is 0.255 e. The number of nitrogens with one attached hydrogen (secondary N) is 2. The summed E-state index contributed by atoms with van der Waals surface area (Å²) in [5.74, 6) is 1.96. The zero-order valence-electron chi connectivity index (χ0n) is 17.3. The quantitative estimate of drug-likeness (QED) is 0.668. The first-order chi connectivity index (χ1) is 15.2. The van der Waals surface area contributed by atoms with E-state index in [4.69, 9.17) is 9.47 Å². The van der Waals surface area contributed by atoms with Crippen LogP contribution in [0.15, 0.2) is 54.6 Å². The Morgan fingerprint density at radius 1 is 0.968 bits per heavy atom. The first kappa shape index (κ1) is 19.3. The second-order valence-electron chi connectivity index (χ2n) is 7.82. The molecule has 1 saturated heterocycles. The fourth-order valence-corrected chi connectivity index (χ4v) is 3.73. The molecule has 2 aliphatic rings. The highest BCUT2D eigenvalue weighted by molar-refractivity contribution is 6.04. The molecule has 0 spiro atoms. The van der Waals surface area contributed by atoms with Crippen LogP contribution in [0, 0.1) is 0 Å². The summed E-state index contributed by atoms with van der Waals surface area (Å²) in [6.45, 7) is 4.41. The lowest BCUT2D eigenvalue weighted by Gasteiger charge is -2.30. The fourth-order valence-electron chi connectivity index (χ4n) is 3.73. The standard InChI is InChI=1S/C23H23N5O3/c1-27-10-12-28(13-11-27)22-9-7-19(25-26-22)16-2-5-18(6-3-16)24-23(29)17-4-8-20-21(14-17)31-15-30-20/h2-9,14H,10-13,15H2,1H3,(H,24,29)/p+1. The van der Waals surface area contributed by atoms with Crippen molar-refractivity contribution in [2.45, 2.75) is 0 Å². The van der Waals surface area contributed by atoms with Crippen LogP contribution in [0.5, 0.6) is 11.5 Å². The largest absolute Gasteiger partial charge is 0.454 e. The van der Waals surface area contributed by atoms with Gasteiger partial charge in [-0.25, -0.2) is 0 Å². The molecule has 0 saturated carbocycles. The van der Waals surface area contributed by atoms with Gasteiger partial charge in [0, 0.05) is 16.8 Å². The molecule has 2 aliphatic heterocycles. The number of amides is 1. The molecule has 8 nitrogen and oxygen atoms in total. The van der Waals surface area contributed by atoms with Crippen LogP contribution in [0.3, 0.4) is 0 Å². The molecule has 0 unspecified atom stereocenters. The van der Waals surface area contributed by atoms with Crippen molar-refractivity contribution in [1.29, 1.82) is 0 Å². The molecule has 2 N–H and O–H groups in total. The number of carbonyl (C=O) groups is 1. The Bertz CT molecular complexity index is 1080. The summed E-state index contributed by atoms with van der Waals surface area (Å²) in [6.07, 6.45) is 0. The number of hydrogen-bond acceptors (Lipinski definition) is 6. The highest BCUT2D eigenvalue weighted by Gasteiger charge is 2.18. The predicted molar refractivity (Wildman–Crippen MR) is 117 cm³/mol. The summed E-state index contributed by atoms with van der Waals surface area (Å²) in [6, 6.07) is 16.7. The molecule has 31 heavy (non-hydrogen) atoms. The average Bonchev–Trinajstić information content (AvgIpc) is 3.28. The monoisotopic (exact) mass is 418 g/mol. The van der Waals surface area contributed by atoms with Gasteiger partial charge in [0.05, 0.1) is 38.9 Å². The Balaban J connectivity index is 1.24. The van der Waals surface area contributed by atoms with Crippen LogP contribution >= 0.6 is 0 Å². The Hall–Kier alpha value is -3.65. The predicted octanol–water partition coefficient (Wildman–Crippen LogP) is 1.46. The lowest BCUT2D eigenvalue weighted by atomic mass is 10.1. The number of anilines is 2. The Morgan fingerprint density at radius 3 is 2.48 bits per heavy atom. The van der Waals surface area contributed by atoms with Gasteiger partial charge in [-0.3, -0.25) is 4.79 Å². The number of likely N-dealkylation sites (N-methyl/N-ethyl adjacent to an activating group) is 1. The molecule has 158 valence electrons. The molecule has 0 radical (unpaired) electrons. The molecule has 0 aliphatic carbocycles. The Morgan fingerprint density at radius 2 is 1.74 bits per heavy atom. The molecule has 1 aromatic heterocycles. The van der Waals surface area contributed by atoms with Crippen LogP contribution in [0.1, 0.15) is 10.4 Å². The summed E-state index contributed by atoms with van der Waals surface area (Å²) in [7, 11) is 2.22. The molecule has 1 fully saturated rings. The van der Waals surface area contributed by atoms with Crippen LogP contribution in [-0.4, -0.2) is 56.1 Å². The van der Waals surface area contributed by atoms with Crippen molar-refractivity contribution in [3.63, 3.8) is 0 Å². The molecule has 0 bridgehead atoms. The highest BCUT2D eigenvalue weighted by Crippen LogP contribution is 2.32. The van der Waals surface area contributed by atoms with Crippen LogP contribution in [-0.2, 0) is 0 Å². The Labute approximate surface area is 180 Å². The van der Waals surface area contributed by atoms with Crippen LogP contribution in [0.4, 0.5) is 11.5 Å². The SMILES string of the molecule is C[NH+]1CCN(c2ccc(-c3ccc(NC(=O)c4ccc5c(c4)OCO5)cc3)nn2)CC1. The third-order valence-corrected chi connectivity index (χ3v) is 5.66. The van der Waals surface area contributed by atoms with E-state index in [-0.39, 0.29) is 12.7 Å². The van der Waals surface area contributed by atoms with E-state index in [0.717, 1.165) is 43.3 Å². The normalized spacial score (nSPS) is 15.7. The molecule has 8 heteroatoms. The average molecular weight is 418 g/mol. The Kier molecular flexibility index (Phi) is 5.13. The van der Waals surface area contributed by atoms with Crippen molar-refractivity contribution < 1.29 is 19.2 Å². The number of piperazine rings is 1. The van der Waals surface area contributed by atoms with Gasteiger partial charge in [0.25, 0.3) is 5.91 Å². The van der Waals surface area contributed by atoms with Crippen molar-refractivity contribution >= 4 is 17.4 Å². The maximum atomic E-state index is 12.5. The van der Waals surface area contributed by atoms with E-state index in [2.05, 4.69) is 27.5 Å². The van der Waals surface area contributed by atoms with E-state index < -0.39 is 0 Å². The number of fused-ring (bicyclic) bond motifs is 1. The summed E-state index contributed by atoms with van der Waals surface area (Å²) in [5.41, 5.74) is 2.97. The number of carbonyl (C=O) groups excluding carboxylic acids is 1. The van der Waals surface area contributed by atoms with Crippen molar-refractivity contribution in [2.75, 3.05) is 50.2 Å². The fraction of sp³-hybridized carbons (Fsp3) is 0.261. The van der Waals surface area contributed by atoms with Gasteiger partial charge in [-0.2, -0.15) is 0 Å². The minimum Gasteiger partial charge on any atom is -0.454 e. The zero-order chi connectivity index (χ0) is 21.2. The molecule has 0 atom stereocenters.